The van der Waals surface area contributed by atoms with Crippen LogP contribution in [-0.2, 0) is 0 Å². The number of halogens is 3. The summed E-state index contributed by atoms with van der Waals surface area (Å²) in [5.41, 5.74) is 7.29. The maximum atomic E-state index is 12.9. The minimum atomic E-state index is -3.01. The van der Waals surface area contributed by atoms with E-state index in [1.54, 1.807) is 19.1 Å². The van der Waals surface area contributed by atoms with Crippen molar-refractivity contribution in [2.24, 2.45) is 5.73 Å². The zero-order valence-corrected chi connectivity index (χ0v) is 17.0. The SMILES string of the molecule is C/C(N)=C/c1nc(NC2CCCN(C)C2)nnc1-c1ccc(Cl)cc1OC(F)F. The van der Waals surface area contributed by atoms with Gasteiger partial charge in [0.25, 0.3) is 0 Å². The monoisotopic (exact) mass is 424 g/mol. The van der Waals surface area contributed by atoms with Crippen molar-refractivity contribution >= 4 is 23.6 Å². The molecule has 29 heavy (non-hydrogen) atoms. The van der Waals surface area contributed by atoms with Crippen LogP contribution >= 0.6 is 11.6 Å². The molecule has 1 unspecified atom stereocenters. The fourth-order valence-corrected chi connectivity index (χ4v) is 3.42. The molecule has 1 fully saturated rings. The Morgan fingerprint density at radius 2 is 2.21 bits per heavy atom. The highest BCUT2D eigenvalue weighted by atomic mass is 35.5. The Morgan fingerprint density at radius 3 is 2.90 bits per heavy atom. The van der Waals surface area contributed by atoms with Gasteiger partial charge in [0, 0.05) is 28.9 Å². The molecule has 2 aromatic rings. The predicted molar refractivity (Wildman–Crippen MR) is 109 cm³/mol. The fourth-order valence-electron chi connectivity index (χ4n) is 3.26. The summed E-state index contributed by atoms with van der Waals surface area (Å²) >= 11 is 5.93. The van der Waals surface area contributed by atoms with E-state index in [-0.39, 0.29) is 22.5 Å². The molecule has 0 radical (unpaired) electrons. The molecule has 10 heteroatoms. The first kappa shape index (κ1) is 21.2. The average molecular weight is 425 g/mol. The fraction of sp³-hybridized carbons (Fsp3) is 0.421. The molecule has 0 amide bonds. The van der Waals surface area contributed by atoms with Gasteiger partial charge < -0.3 is 20.7 Å². The highest BCUT2D eigenvalue weighted by Crippen LogP contribution is 2.34. The number of hydrogen-bond acceptors (Lipinski definition) is 7. The van der Waals surface area contributed by atoms with E-state index >= 15 is 0 Å². The molecule has 0 spiro atoms. The number of nitrogens with one attached hydrogen (secondary N) is 1. The van der Waals surface area contributed by atoms with Crippen molar-refractivity contribution in [3.05, 3.63) is 34.6 Å². The number of benzene rings is 1. The Balaban J connectivity index is 1.98. The van der Waals surface area contributed by atoms with Gasteiger partial charge in [0.05, 0.1) is 5.69 Å². The first-order valence-corrected chi connectivity index (χ1v) is 9.58. The largest absolute Gasteiger partial charge is 0.434 e. The predicted octanol–water partition coefficient (Wildman–Crippen LogP) is 3.62. The van der Waals surface area contributed by atoms with Crippen molar-refractivity contribution in [1.82, 2.24) is 20.1 Å². The number of nitrogens with two attached hydrogens (primary N) is 1. The van der Waals surface area contributed by atoms with Gasteiger partial charge in [-0.15, -0.1) is 10.2 Å². The highest BCUT2D eigenvalue weighted by molar-refractivity contribution is 6.30. The van der Waals surface area contributed by atoms with Crippen LogP contribution in [0.3, 0.4) is 0 Å². The normalized spacial score (nSPS) is 18.1. The summed E-state index contributed by atoms with van der Waals surface area (Å²) in [5.74, 6) is 0.245. The third-order valence-corrected chi connectivity index (χ3v) is 4.69. The minimum Gasteiger partial charge on any atom is -0.434 e. The number of ether oxygens (including phenoxy) is 1. The molecule has 0 aliphatic carbocycles. The standard InChI is InChI=1S/C19H23ClF2N6O/c1-11(23)8-15-17(14-6-5-12(20)9-16(14)29-18(21)22)26-27-19(25-15)24-13-4-3-7-28(2)10-13/h5-6,8-9,13,18H,3-4,7,10,23H2,1-2H3,(H,24,25,27)/b11-8-. The summed E-state index contributed by atoms with van der Waals surface area (Å²) in [5, 5.41) is 11.9. The van der Waals surface area contributed by atoms with E-state index in [4.69, 9.17) is 17.3 Å². The molecule has 156 valence electrons. The number of rotatable bonds is 6. The van der Waals surface area contributed by atoms with Crippen LogP contribution in [0.25, 0.3) is 17.3 Å². The second-order valence-electron chi connectivity index (χ2n) is 7.02. The minimum absolute atomic E-state index is 0.109. The molecular formula is C19H23ClF2N6O. The van der Waals surface area contributed by atoms with Gasteiger partial charge in [-0.3, -0.25) is 0 Å². The Labute approximate surface area is 172 Å². The number of anilines is 1. The molecule has 1 aliphatic rings. The molecule has 7 nitrogen and oxygen atoms in total. The molecule has 0 saturated carbocycles. The Kier molecular flexibility index (Phi) is 6.81. The van der Waals surface area contributed by atoms with E-state index in [1.165, 1.54) is 12.1 Å². The second-order valence-corrected chi connectivity index (χ2v) is 7.46. The summed E-state index contributed by atoms with van der Waals surface area (Å²) in [7, 11) is 2.06. The molecule has 1 aromatic carbocycles. The molecule has 1 aliphatic heterocycles. The van der Waals surface area contributed by atoms with Gasteiger partial charge in [-0.1, -0.05) is 11.6 Å². The van der Waals surface area contributed by atoms with Crippen molar-refractivity contribution < 1.29 is 13.5 Å². The average Bonchev–Trinajstić information content (AvgIpc) is 2.62. The molecule has 1 saturated heterocycles. The van der Waals surface area contributed by atoms with Gasteiger partial charge in [-0.2, -0.15) is 8.78 Å². The van der Waals surface area contributed by atoms with Gasteiger partial charge in [-0.25, -0.2) is 4.98 Å². The molecule has 3 rings (SSSR count). The van der Waals surface area contributed by atoms with Crippen LogP contribution in [-0.4, -0.2) is 52.9 Å². The topological polar surface area (TPSA) is 89.2 Å². The number of alkyl halides is 2. The van der Waals surface area contributed by atoms with Crippen molar-refractivity contribution in [2.45, 2.75) is 32.4 Å². The summed E-state index contributed by atoms with van der Waals surface area (Å²) in [6.45, 7) is 0.621. The Bertz CT molecular complexity index is 891. The van der Waals surface area contributed by atoms with Crippen LogP contribution < -0.4 is 15.8 Å². The number of likely N-dealkylation sites (N-methyl/N-ethyl adjacent to an activating group) is 1. The van der Waals surface area contributed by atoms with E-state index in [0.717, 1.165) is 25.9 Å². The molecule has 2 heterocycles. The van der Waals surface area contributed by atoms with Gasteiger partial charge in [0.2, 0.25) is 5.95 Å². The van der Waals surface area contributed by atoms with Crippen molar-refractivity contribution in [3.63, 3.8) is 0 Å². The van der Waals surface area contributed by atoms with Crippen LogP contribution in [0.5, 0.6) is 5.75 Å². The highest BCUT2D eigenvalue weighted by Gasteiger charge is 2.21. The molecule has 3 N–H and O–H groups in total. The smallest absolute Gasteiger partial charge is 0.387 e. The van der Waals surface area contributed by atoms with Crippen LogP contribution in [0.1, 0.15) is 25.5 Å². The third kappa shape index (κ3) is 5.74. The summed E-state index contributed by atoms with van der Waals surface area (Å²) < 4.78 is 30.3. The molecule has 1 atom stereocenters. The Morgan fingerprint density at radius 1 is 1.41 bits per heavy atom. The Hall–Kier alpha value is -2.52. The maximum absolute atomic E-state index is 12.9. The second kappa shape index (κ2) is 9.32. The van der Waals surface area contributed by atoms with Gasteiger partial charge in [0.1, 0.15) is 11.4 Å². The number of piperidine rings is 1. The first-order valence-electron chi connectivity index (χ1n) is 9.20. The molecular weight excluding hydrogens is 402 g/mol. The van der Waals surface area contributed by atoms with Crippen LogP contribution in [0.4, 0.5) is 14.7 Å². The van der Waals surface area contributed by atoms with E-state index in [1.807, 2.05) is 0 Å². The first-order chi connectivity index (χ1) is 13.8. The van der Waals surface area contributed by atoms with Crippen LogP contribution in [0.15, 0.2) is 23.9 Å². The zero-order valence-electron chi connectivity index (χ0n) is 16.2. The maximum Gasteiger partial charge on any atom is 0.387 e. The lowest BCUT2D eigenvalue weighted by Crippen LogP contribution is -2.40. The zero-order chi connectivity index (χ0) is 21.0. The van der Waals surface area contributed by atoms with Gasteiger partial charge >= 0.3 is 6.61 Å². The molecule has 0 bridgehead atoms. The lowest BCUT2D eigenvalue weighted by molar-refractivity contribution is -0.0494. The molecule has 1 aromatic heterocycles. The van der Waals surface area contributed by atoms with E-state index in [9.17, 15) is 8.78 Å². The van der Waals surface area contributed by atoms with Gasteiger partial charge in [-0.05, 0) is 57.6 Å². The number of likely N-dealkylation sites (tertiary alicyclic amines) is 1. The third-order valence-electron chi connectivity index (χ3n) is 4.45. The van der Waals surface area contributed by atoms with Crippen molar-refractivity contribution in [3.8, 4) is 17.0 Å². The lowest BCUT2D eigenvalue weighted by atomic mass is 10.1. The van der Waals surface area contributed by atoms with Crippen molar-refractivity contribution in [2.75, 3.05) is 25.5 Å². The number of nitrogens with zero attached hydrogens (tertiary/aromatic N) is 4. The van der Waals surface area contributed by atoms with Crippen LogP contribution in [0.2, 0.25) is 5.02 Å². The van der Waals surface area contributed by atoms with E-state index in [0.29, 0.717) is 22.9 Å². The quantitative estimate of drug-likeness (QED) is 0.732. The lowest BCUT2D eigenvalue weighted by Gasteiger charge is -2.30. The summed E-state index contributed by atoms with van der Waals surface area (Å²) in [6, 6.07) is 4.60. The number of allylic oxidation sites excluding steroid dienone is 1. The van der Waals surface area contributed by atoms with E-state index in [2.05, 4.69) is 37.2 Å². The summed E-state index contributed by atoms with van der Waals surface area (Å²) in [4.78, 5) is 6.75. The van der Waals surface area contributed by atoms with E-state index < -0.39 is 6.61 Å². The van der Waals surface area contributed by atoms with Gasteiger partial charge in [0.15, 0.2) is 0 Å². The van der Waals surface area contributed by atoms with Crippen LogP contribution in [0, 0.1) is 0 Å². The van der Waals surface area contributed by atoms with Crippen molar-refractivity contribution in [1.29, 1.82) is 0 Å². The number of hydrogen-bond donors (Lipinski definition) is 2. The number of aromatic nitrogens is 3. The summed E-state index contributed by atoms with van der Waals surface area (Å²) in [6.07, 6.45) is 3.69.